The number of esters is 1. The van der Waals surface area contributed by atoms with Crippen molar-refractivity contribution < 1.29 is 14.3 Å². The number of hydrogen-bond donors (Lipinski definition) is 1. The zero-order valence-corrected chi connectivity index (χ0v) is 13.3. The van der Waals surface area contributed by atoms with E-state index in [1.165, 1.54) is 24.7 Å². The molecule has 0 fully saturated rings. The van der Waals surface area contributed by atoms with E-state index < -0.39 is 0 Å². The maximum absolute atomic E-state index is 11.4. The average molecular weight is 311 g/mol. The molecule has 1 aliphatic carbocycles. The molecular weight excluding hydrogens is 290 g/mol. The van der Waals surface area contributed by atoms with Gasteiger partial charge in [-0.05, 0) is 48.1 Å². The third kappa shape index (κ3) is 3.83. The van der Waals surface area contributed by atoms with Gasteiger partial charge in [0.1, 0.15) is 18.9 Å². The zero-order valence-electron chi connectivity index (χ0n) is 13.3. The number of methoxy groups -OCH3 is 1. The maximum Gasteiger partial charge on any atom is 0.325 e. The highest BCUT2D eigenvalue weighted by Gasteiger charge is 2.16. The van der Waals surface area contributed by atoms with Crippen LogP contribution in [0.2, 0.25) is 0 Å². The molecule has 4 nitrogen and oxygen atoms in total. The standard InChI is InChI=1S/C19H21NO3/c1-22-19(21)12-20-17-10-15-8-5-9-16(15)11-18(17)23-13-14-6-3-2-4-7-14/h2-4,6-7,10-11,20H,5,8-9,12-13H2,1H3. The van der Waals surface area contributed by atoms with E-state index in [0.29, 0.717) is 6.61 Å². The van der Waals surface area contributed by atoms with E-state index >= 15 is 0 Å². The van der Waals surface area contributed by atoms with Crippen LogP contribution in [0.1, 0.15) is 23.1 Å². The summed E-state index contributed by atoms with van der Waals surface area (Å²) < 4.78 is 10.7. The fraction of sp³-hybridized carbons (Fsp3) is 0.316. The van der Waals surface area contributed by atoms with E-state index in [9.17, 15) is 4.79 Å². The highest BCUT2D eigenvalue weighted by Crippen LogP contribution is 2.33. The van der Waals surface area contributed by atoms with Crippen molar-refractivity contribution in [3.8, 4) is 5.75 Å². The molecule has 0 radical (unpaired) electrons. The van der Waals surface area contributed by atoms with E-state index in [1.54, 1.807) is 0 Å². The number of benzene rings is 2. The van der Waals surface area contributed by atoms with Crippen LogP contribution in [0, 0.1) is 0 Å². The zero-order chi connectivity index (χ0) is 16.1. The molecule has 0 heterocycles. The molecule has 1 N–H and O–H groups in total. The lowest BCUT2D eigenvalue weighted by molar-refractivity contribution is -0.138. The Morgan fingerprint density at radius 2 is 1.87 bits per heavy atom. The molecule has 2 aromatic rings. The largest absolute Gasteiger partial charge is 0.487 e. The van der Waals surface area contributed by atoms with Crippen molar-refractivity contribution in [2.75, 3.05) is 19.0 Å². The van der Waals surface area contributed by atoms with E-state index in [-0.39, 0.29) is 12.5 Å². The van der Waals surface area contributed by atoms with Crippen LogP contribution < -0.4 is 10.1 Å². The molecule has 4 heteroatoms. The highest BCUT2D eigenvalue weighted by atomic mass is 16.5. The smallest absolute Gasteiger partial charge is 0.325 e. The van der Waals surface area contributed by atoms with Gasteiger partial charge in [0.2, 0.25) is 0 Å². The number of rotatable bonds is 6. The summed E-state index contributed by atoms with van der Waals surface area (Å²) in [7, 11) is 1.39. The molecule has 120 valence electrons. The summed E-state index contributed by atoms with van der Waals surface area (Å²) >= 11 is 0. The Bertz CT molecular complexity index is 683. The summed E-state index contributed by atoms with van der Waals surface area (Å²) in [5.41, 5.74) is 4.65. The minimum Gasteiger partial charge on any atom is -0.487 e. The summed E-state index contributed by atoms with van der Waals surface area (Å²) in [6.45, 7) is 0.642. The molecule has 0 amide bonds. The van der Waals surface area contributed by atoms with Gasteiger partial charge in [0.25, 0.3) is 0 Å². The van der Waals surface area contributed by atoms with Crippen LogP contribution in [0.4, 0.5) is 5.69 Å². The number of carbonyl (C=O) groups excluding carboxylic acids is 1. The molecule has 0 aliphatic heterocycles. The van der Waals surface area contributed by atoms with E-state index in [4.69, 9.17) is 9.47 Å². The molecular formula is C19H21NO3. The van der Waals surface area contributed by atoms with Crippen molar-refractivity contribution in [1.29, 1.82) is 0 Å². The summed E-state index contributed by atoms with van der Waals surface area (Å²) in [6, 6.07) is 14.3. The fourth-order valence-electron chi connectivity index (χ4n) is 2.83. The number of anilines is 1. The van der Waals surface area contributed by atoms with Crippen molar-refractivity contribution in [2.45, 2.75) is 25.9 Å². The van der Waals surface area contributed by atoms with Gasteiger partial charge in [-0.2, -0.15) is 0 Å². The molecule has 23 heavy (non-hydrogen) atoms. The number of nitrogens with one attached hydrogen (secondary N) is 1. The number of carbonyl (C=O) groups is 1. The number of aryl methyl sites for hydroxylation is 2. The molecule has 0 bridgehead atoms. The highest BCUT2D eigenvalue weighted by molar-refractivity contribution is 5.76. The van der Waals surface area contributed by atoms with E-state index in [1.807, 2.05) is 30.3 Å². The average Bonchev–Trinajstić information content (AvgIpc) is 3.05. The van der Waals surface area contributed by atoms with Gasteiger partial charge >= 0.3 is 5.97 Å². The van der Waals surface area contributed by atoms with Crippen molar-refractivity contribution >= 4 is 11.7 Å². The van der Waals surface area contributed by atoms with Gasteiger partial charge in [-0.1, -0.05) is 30.3 Å². The Kier molecular flexibility index (Phi) is 4.81. The van der Waals surface area contributed by atoms with Crippen molar-refractivity contribution in [2.24, 2.45) is 0 Å². The third-order valence-corrected chi connectivity index (χ3v) is 4.08. The lowest BCUT2D eigenvalue weighted by Crippen LogP contribution is -2.15. The van der Waals surface area contributed by atoms with Gasteiger partial charge in [0.05, 0.1) is 12.8 Å². The number of fused-ring (bicyclic) bond motifs is 1. The van der Waals surface area contributed by atoms with Crippen LogP contribution in [0.3, 0.4) is 0 Å². The number of hydrogen-bond acceptors (Lipinski definition) is 4. The predicted molar refractivity (Wildman–Crippen MR) is 89.7 cm³/mol. The Morgan fingerprint density at radius 1 is 1.13 bits per heavy atom. The molecule has 0 saturated heterocycles. The SMILES string of the molecule is COC(=O)CNc1cc2c(cc1OCc1ccccc1)CCC2. The van der Waals surface area contributed by atoms with Gasteiger partial charge in [-0.25, -0.2) is 0 Å². The molecule has 0 aromatic heterocycles. The van der Waals surface area contributed by atoms with Crippen LogP contribution in [0.15, 0.2) is 42.5 Å². The molecule has 0 unspecified atom stereocenters. The fourth-order valence-corrected chi connectivity index (χ4v) is 2.83. The van der Waals surface area contributed by atoms with Gasteiger partial charge in [-0.3, -0.25) is 4.79 Å². The quantitative estimate of drug-likeness (QED) is 0.831. The second-order valence-electron chi connectivity index (χ2n) is 5.67. The van der Waals surface area contributed by atoms with Gasteiger partial charge in [0, 0.05) is 0 Å². The second-order valence-corrected chi connectivity index (χ2v) is 5.67. The summed E-state index contributed by atoms with van der Waals surface area (Å²) in [6.07, 6.45) is 3.35. The topological polar surface area (TPSA) is 47.6 Å². The molecule has 0 saturated carbocycles. The third-order valence-electron chi connectivity index (χ3n) is 4.08. The van der Waals surface area contributed by atoms with Crippen LogP contribution >= 0.6 is 0 Å². The first-order valence-corrected chi connectivity index (χ1v) is 7.89. The molecule has 2 aromatic carbocycles. The molecule has 3 rings (SSSR count). The van der Waals surface area contributed by atoms with Crippen LogP contribution in [-0.4, -0.2) is 19.6 Å². The monoisotopic (exact) mass is 311 g/mol. The van der Waals surface area contributed by atoms with Crippen LogP contribution in [0.25, 0.3) is 0 Å². The molecule has 1 aliphatic rings. The molecule has 0 spiro atoms. The first-order valence-electron chi connectivity index (χ1n) is 7.89. The van der Waals surface area contributed by atoms with Crippen molar-refractivity contribution in [3.05, 3.63) is 59.2 Å². The van der Waals surface area contributed by atoms with Crippen LogP contribution in [0.5, 0.6) is 5.75 Å². The minimum atomic E-state index is -0.292. The Hall–Kier alpha value is -2.49. The first-order chi connectivity index (χ1) is 11.3. The van der Waals surface area contributed by atoms with Gasteiger partial charge < -0.3 is 14.8 Å². The lowest BCUT2D eigenvalue weighted by atomic mass is 10.1. The Morgan fingerprint density at radius 3 is 2.61 bits per heavy atom. The lowest BCUT2D eigenvalue weighted by Gasteiger charge is -2.15. The normalized spacial score (nSPS) is 12.6. The second kappa shape index (κ2) is 7.18. The van der Waals surface area contributed by atoms with Gasteiger partial charge in [0.15, 0.2) is 0 Å². The number of ether oxygens (including phenoxy) is 2. The van der Waals surface area contributed by atoms with Gasteiger partial charge in [-0.15, -0.1) is 0 Å². The summed E-state index contributed by atoms with van der Waals surface area (Å²) in [5, 5.41) is 3.13. The van der Waals surface area contributed by atoms with Crippen molar-refractivity contribution in [3.63, 3.8) is 0 Å². The Balaban J connectivity index is 1.77. The Labute approximate surface area is 136 Å². The summed E-state index contributed by atoms with van der Waals surface area (Å²) in [5.74, 6) is 0.498. The maximum atomic E-state index is 11.4. The summed E-state index contributed by atoms with van der Waals surface area (Å²) in [4.78, 5) is 11.4. The van der Waals surface area contributed by atoms with Crippen molar-refractivity contribution in [1.82, 2.24) is 0 Å². The van der Waals surface area contributed by atoms with E-state index in [0.717, 1.165) is 29.8 Å². The first kappa shape index (κ1) is 15.4. The minimum absolute atomic E-state index is 0.136. The van der Waals surface area contributed by atoms with E-state index in [2.05, 4.69) is 17.4 Å². The van der Waals surface area contributed by atoms with Crippen LogP contribution in [-0.2, 0) is 29.0 Å². The molecule has 0 atom stereocenters. The predicted octanol–water partition coefficient (Wildman–Crippen LogP) is 3.34.